The van der Waals surface area contributed by atoms with Crippen LogP contribution >= 0.6 is 22.9 Å². The van der Waals surface area contributed by atoms with Crippen LogP contribution in [0.25, 0.3) is 0 Å². The van der Waals surface area contributed by atoms with Crippen molar-refractivity contribution in [3.8, 4) is 11.5 Å². The average molecular weight is 474 g/mol. The molecule has 0 aliphatic carbocycles. The van der Waals surface area contributed by atoms with E-state index in [1.165, 1.54) is 16.0 Å². The zero-order valence-electron chi connectivity index (χ0n) is 18.3. The van der Waals surface area contributed by atoms with E-state index >= 15 is 0 Å². The van der Waals surface area contributed by atoms with Gasteiger partial charge in [0.25, 0.3) is 0 Å². The molecule has 2 aromatic carbocycles. The van der Waals surface area contributed by atoms with Gasteiger partial charge >= 0.3 is 0 Å². The predicted octanol–water partition coefficient (Wildman–Crippen LogP) is 4.94. The molecule has 0 fully saturated rings. The molecular formula is C25H28ClNO4S. The number of hydrogen-bond acceptors (Lipinski definition) is 6. The Kier molecular flexibility index (Phi) is 7.71. The second-order valence-corrected chi connectivity index (χ2v) is 9.28. The number of benzene rings is 2. The van der Waals surface area contributed by atoms with Crippen molar-refractivity contribution in [1.29, 1.82) is 0 Å². The number of ether oxygens (including phenoxy) is 3. The molecule has 7 heteroatoms. The van der Waals surface area contributed by atoms with Gasteiger partial charge in [-0.1, -0.05) is 29.8 Å². The Hall–Kier alpha value is -2.09. The number of fused-ring (bicyclic) bond motifs is 1. The predicted molar refractivity (Wildman–Crippen MR) is 128 cm³/mol. The van der Waals surface area contributed by atoms with Gasteiger partial charge in [0.2, 0.25) is 0 Å². The van der Waals surface area contributed by atoms with Crippen molar-refractivity contribution in [2.75, 3.05) is 33.9 Å². The minimum absolute atomic E-state index is 0.0597. The fourth-order valence-electron chi connectivity index (χ4n) is 4.19. The van der Waals surface area contributed by atoms with E-state index in [0.717, 1.165) is 30.0 Å². The Morgan fingerprint density at radius 2 is 1.88 bits per heavy atom. The Morgan fingerprint density at radius 3 is 2.56 bits per heavy atom. The molecule has 0 radical (unpaired) electrons. The summed E-state index contributed by atoms with van der Waals surface area (Å²) in [4.78, 5) is 3.57. The van der Waals surface area contributed by atoms with Crippen LogP contribution in [0, 0.1) is 0 Å². The van der Waals surface area contributed by atoms with Crippen LogP contribution in [0.1, 0.15) is 27.6 Å². The van der Waals surface area contributed by atoms with Crippen LogP contribution in [-0.2, 0) is 17.8 Å². The van der Waals surface area contributed by atoms with E-state index in [0.29, 0.717) is 18.2 Å². The molecule has 1 N–H and O–H groups in total. The smallest absolute Gasteiger partial charge is 0.161 e. The first-order chi connectivity index (χ1) is 15.6. The van der Waals surface area contributed by atoms with Crippen LogP contribution in [-0.4, -0.2) is 50.0 Å². The quantitative estimate of drug-likeness (QED) is 0.477. The molecular weight excluding hydrogens is 446 g/mol. The van der Waals surface area contributed by atoms with Gasteiger partial charge in [0.15, 0.2) is 11.5 Å². The van der Waals surface area contributed by atoms with Crippen molar-refractivity contribution >= 4 is 22.9 Å². The summed E-state index contributed by atoms with van der Waals surface area (Å²) in [5.74, 6) is 1.47. The SMILES string of the molecule is COc1cc2c(cc1OC)C(c1cccs1)N(CC(O)COCc1ccc(Cl)cc1)CC2. The molecule has 0 saturated heterocycles. The minimum atomic E-state index is -0.591. The Morgan fingerprint density at radius 1 is 1.12 bits per heavy atom. The van der Waals surface area contributed by atoms with Crippen LogP contribution < -0.4 is 9.47 Å². The second kappa shape index (κ2) is 10.7. The summed E-state index contributed by atoms with van der Waals surface area (Å²) < 4.78 is 16.8. The number of nitrogens with zero attached hydrogens (tertiary/aromatic N) is 1. The third-order valence-corrected chi connectivity index (χ3v) is 6.90. The number of rotatable bonds is 9. The molecule has 2 unspecified atom stereocenters. The summed E-state index contributed by atoms with van der Waals surface area (Å²) >= 11 is 7.66. The zero-order chi connectivity index (χ0) is 22.5. The first kappa shape index (κ1) is 23.1. The lowest BCUT2D eigenvalue weighted by Gasteiger charge is -2.38. The molecule has 32 heavy (non-hydrogen) atoms. The second-order valence-electron chi connectivity index (χ2n) is 7.86. The van der Waals surface area contributed by atoms with Gasteiger partial charge in [-0.15, -0.1) is 11.3 Å². The zero-order valence-corrected chi connectivity index (χ0v) is 19.9. The van der Waals surface area contributed by atoms with Crippen LogP contribution in [0.5, 0.6) is 11.5 Å². The molecule has 170 valence electrons. The van der Waals surface area contributed by atoms with Crippen molar-refractivity contribution < 1.29 is 19.3 Å². The lowest BCUT2D eigenvalue weighted by Crippen LogP contribution is -2.41. The van der Waals surface area contributed by atoms with Gasteiger partial charge in [-0.05, 0) is 58.8 Å². The topological polar surface area (TPSA) is 51.2 Å². The van der Waals surface area contributed by atoms with Gasteiger partial charge < -0.3 is 19.3 Å². The van der Waals surface area contributed by atoms with Gasteiger partial charge in [0, 0.05) is 23.0 Å². The van der Waals surface area contributed by atoms with Gasteiger partial charge in [0.1, 0.15) is 0 Å². The fourth-order valence-corrected chi connectivity index (χ4v) is 5.19. The van der Waals surface area contributed by atoms with Crippen molar-refractivity contribution in [2.45, 2.75) is 25.2 Å². The van der Waals surface area contributed by atoms with Crippen molar-refractivity contribution in [2.24, 2.45) is 0 Å². The van der Waals surface area contributed by atoms with E-state index in [2.05, 4.69) is 34.5 Å². The summed E-state index contributed by atoms with van der Waals surface area (Å²) in [7, 11) is 3.32. The highest BCUT2D eigenvalue weighted by Crippen LogP contribution is 2.42. The standard InChI is InChI=1S/C25H28ClNO4S/c1-29-22-12-18-9-10-27(14-20(28)16-31-15-17-5-7-19(26)8-6-17)25(24-4-3-11-32-24)21(18)13-23(22)30-2/h3-8,11-13,20,25,28H,9-10,14-16H2,1-2H3. The van der Waals surface area contributed by atoms with Crippen LogP contribution in [0.4, 0.5) is 0 Å². The molecule has 1 aliphatic heterocycles. The van der Waals surface area contributed by atoms with Crippen LogP contribution in [0.15, 0.2) is 53.9 Å². The van der Waals surface area contributed by atoms with E-state index < -0.39 is 6.10 Å². The third-order valence-electron chi connectivity index (χ3n) is 5.72. The fraction of sp³-hybridized carbons (Fsp3) is 0.360. The maximum absolute atomic E-state index is 10.7. The van der Waals surface area contributed by atoms with E-state index in [1.807, 2.05) is 24.3 Å². The third kappa shape index (κ3) is 5.27. The largest absolute Gasteiger partial charge is 0.493 e. The molecule has 2 heterocycles. The molecule has 5 nitrogen and oxygen atoms in total. The van der Waals surface area contributed by atoms with E-state index in [4.69, 9.17) is 25.8 Å². The highest BCUT2D eigenvalue weighted by Gasteiger charge is 2.32. The number of aliphatic hydroxyl groups excluding tert-OH is 1. The van der Waals surface area contributed by atoms with Gasteiger partial charge in [-0.25, -0.2) is 0 Å². The first-order valence-electron chi connectivity index (χ1n) is 10.6. The summed E-state index contributed by atoms with van der Waals surface area (Å²) in [5.41, 5.74) is 3.49. The van der Waals surface area contributed by atoms with E-state index in [1.54, 1.807) is 25.6 Å². The Balaban J connectivity index is 1.47. The molecule has 3 aromatic rings. The Bertz CT molecular complexity index is 1010. The lowest BCUT2D eigenvalue weighted by molar-refractivity contribution is 0.00401. The van der Waals surface area contributed by atoms with Gasteiger partial charge in [0.05, 0.1) is 39.6 Å². The number of thiophene rings is 1. The molecule has 4 rings (SSSR count). The normalized spacial score (nSPS) is 17.1. The van der Waals surface area contributed by atoms with E-state index in [9.17, 15) is 5.11 Å². The minimum Gasteiger partial charge on any atom is -0.493 e. The van der Waals surface area contributed by atoms with Crippen molar-refractivity contribution in [3.05, 3.63) is 80.5 Å². The first-order valence-corrected chi connectivity index (χ1v) is 11.9. The highest BCUT2D eigenvalue weighted by molar-refractivity contribution is 7.10. The van der Waals surface area contributed by atoms with Gasteiger partial charge in [-0.2, -0.15) is 0 Å². The summed E-state index contributed by atoms with van der Waals surface area (Å²) in [6.07, 6.45) is 0.294. The molecule has 2 atom stereocenters. The summed E-state index contributed by atoms with van der Waals surface area (Å²) in [5, 5.41) is 13.5. The van der Waals surface area contributed by atoms with Crippen molar-refractivity contribution in [1.82, 2.24) is 4.90 Å². The molecule has 0 bridgehead atoms. The van der Waals surface area contributed by atoms with E-state index in [-0.39, 0.29) is 12.6 Å². The monoisotopic (exact) mass is 473 g/mol. The van der Waals surface area contributed by atoms with Crippen LogP contribution in [0.2, 0.25) is 5.02 Å². The van der Waals surface area contributed by atoms with Crippen molar-refractivity contribution in [3.63, 3.8) is 0 Å². The number of hydrogen-bond donors (Lipinski definition) is 1. The van der Waals surface area contributed by atoms with Gasteiger partial charge in [-0.3, -0.25) is 4.90 Å². The molecule has 0 amide bonds. The molecule has 0 saturated carbocycles. The highest BCUT2D eigenvalue weighted by atomic mass is 35.5. The lowest BCUT2D eigenvalue weighted by atomic mass is 9.90. The Labute approximate surface area is 198 Å². The maximum atomic E-state index is 10.7. The molecule has 0 spiro atoms. The number of halogens is 1. The maximum Gasteiger partial charge on any atom is 0.161 e. The number of β-amino-alcohol motifs (C(OH)–C–C–N with tert-alkyl or cyclic N) is 1. The number of methoxy groups -OCH3 is 2. The number of aliphatic hydroxyl groups is 1. The average Bonchev–Trinajstić information content (AvgIpc) is 3.33. The van der Waals surface area contributed by atoms with Crippen LogP contribution in [0.3, 0.4) is 0 Å². The summed E-state index contributed by atoms with van der Waals surface area (Å²) in [6.45, 7) is 2.09. The molecule has 1 aromatic heterocycles. The summed E-state index contributed by atoms with van der Waals surface area (Å²) in [6, 6.07) is 16.0. The molecule has 1 aliphatic rings.